The maximum absolute atomic E-state index is 12.2. The van der Waals surface area contributed by atoms with E-state index in [2.05, 4.69) is 20.8 Å². The van der Waals surface area contributed by atoms with E-state index in [1.165, 1.54) is 18.5 Å². The maximum atomic E-state index is 12.2. The average molecular weight is 330 g/mol. The summed E-state index contributed by atoms with van der Waals surface area (Å²) in [6.07, 6.45) is 4.82. The minimum absolute atomic E-state index is 0.0591. The van der Waals surface area contributed by atoms with Crippen molar-refractivity contribution in [1.29, 1.82) is 0 Å². The standard InChI is InChI=1S/C16H18N4O4/c1-10-5-14(20-24-10)19-16(22)12-6-11(7-17-8-12)15(21)18-9-13-3-2-4-23-13/h5-8,13H,2-4,9H2,1H3,(H,18,21)(H,19,20,22). The van der Waals surface area contributed by atoms with Crippen LogP contribution in [0.2, 0.25) is 0 Å². The van der Waals surface area contributed by atoms with E-state index >= 15 is 0 Å². The van der Waals surface area contributed by atoms with Gasteiger partial charge in [0.25, 0.3) is 11.8 Å². The van der Waals surface area contributed by atoms with Crippen molar-refractivity contribution in [2.24, 2.45) is 0 Å². The molecule has 0 aromatic carbocycles. The second-order valence-corrected chi connectivity index (χ2v) is 5.58. The summed E-state index contributed by atoms with van der Waals surface area (Å²) in [6.45, 7) is 2.91. The van der Waals surface area contributed by atoms with Crippen molar-refractivity contribution >= 4 is 17.6 Å². The molecule has 2 aromatic heterocycles. The molecule has 0 spiro atoms. The largest absolute Gasteiger partial charge is 0.376 e. The van der Waals surface area contributed by atoms with Crippen LogP contribution < -0.4 is 10.6 Å². The molecule has 8 heteroatoms. The molecule has 126 valence electrons. The van der Waals surface area contributed by atoms with Crippen molar-refractivity contribution in [3.05, 3.63) is 41.4 Å². The van der Waals surface area contributed by atoms with Gasteiger partial charge in [0.15, 0.2) is 5.82 Å². The lowest BCUT2D eigenvalue weighted by Gasteiger charge is -2.11. The zero-order valence-electron chi connectivity index (χ0n) is 13.2. The van der Waals surface area contributed by atoms with Gasteiger partial charge in [-0.1, -0.05) is 5.16 Å². The maximum Gasteiger partial charge on any atom is 0.258 e. The fraction of sp³-hybridized carbons (Fsp3) is 0.375. The molecule has 0 radical (unpaired) electrons. The summed E-state index contributed by atoms with van der Waals surface area (Å²) >= 11 is 0. The van der Waals surface area contributed by atoms with Crippen LogP contribution in [-0.2, 0) is 4.74 Å². The van der Waals surface area contributed by atoms with Crippen LogP contribution in [0.15, 0.2) is 29.0 Å². The molecule has 1 fully saturated rings. The molecular weight excluding hydrogens is 312 g/mol. The lowest BCUT2D eigenvalue weighted by Crippen LogP contribution is -2.32. The zero-order valence-corrected chi connectivity index (χ0v) is 13.2. The molecule has 2 aromatic rings. The first-order valence-electron chi connectivity index (χ1n) is 7.71. The highest BCUT2D eigenvalue weighted by Crippen LogP contribution is 2.12. The number of aromatic nitrogens is 2. The van der Waals surface area contributed by atoms with Gasteiger partial charge in [0.05, 0.1) is 17.2 Å². The van der Waals surface area contributed by atoms with E-state index < -0.39 is 5.91 Å². The molecule has 1 aliphatic heterocycles. The average Bonchev–Trinajstić information content (AvgIpc) is 3.24. The van der Waals surface area contributed by atoms with Crippen molar-refractivity contribution in [2.45, 2.75) is 25.9 Å². The smallest absolute Gasteiger partial charge is 0.258 e. The predicted octanol–water partition coefficient (Wildman–Crippen LogP) is 1.54. The quantitative estimate of drug-likeness (QED) is 0.861. The molecule has 0 bridgehead atoms. The fourth-order valence-electron chi connectivity index (χ4n) is 2.42. The van der Waals surface area contributed by atoms with Gasteiger partial charge in [-0.15, -0.1) is 0 Å². The molecule has 3 heterocycles. The Morgan fingerprint density at radius 1 is 1.25 bits per heavy atom. The van der Waals surface area contributed by atoms with Crippen LogP contribution in [0, 0.1) is 6.92 Å². The highest BCUT2D eigenvalue weighted by Gasteiger charge is 2.17. The van der Waals surface area contributed by atoms with Gasteiger partial charge >= 0.3 is 0 Å². The molecule has 1 unspecified atom stereocenters. The fourth-order valence-corrected chi connectivity index (χ4v) is 2.42. The van der Waals surface area contributed by atoms with Crippen LogP contribution in [0.25, 0.3) is 0 Å². The molecular formula is C16H18N4O4. The number of pyridine rings is 1. The van der Waals surface area contributed by atoms with Gasteiger partial charge in [-0.3, -0.25) is 14.6 Å². The van der Waals surface area contributed by atoms with Crippen molar-refractivity contribution in [1.82, 2.24) is 15.5 Å². The van der Waals surface area contributed by atoms with Gasteiger partial charge in [-0.05, 0) is 25.8 Å². The Labute approximate surface area is 138 Å². The van der Waals surface area contributed by atoms with Crippen molar-refractivity contribution in [3.8, 4) is 0 Å². The molecule has 8 nitrogen and oxygen atoms in total. The van der Waals surface area contributed by atoms with Crippen molar-refractivity contribution in [3.63, 3.8) is 0 Å². The number of amides is 2. The Hall–Kier alpha value is -2.74. The van der Waals surface area contributed by atoms with E-state index in [1.54, 1.807) is 13.0 Å². The Balaban J connectivity index is 1.62. The summed E-state index contributed by atoms with van der Waals surface area (Å²) in [4.78, 5) is 28.3. The monoisotopic (exact) mass is 330 g/mol. The first-order valence-corrected chi connectivity index (χ1v) is 7.71. The topological polar surface area (TPSA) is 106 Å². The number of nitrogens with one attached hydrogen (secondary N) is 2. The number of carbonyl (C=O) groups is 2. The van der Waals surface area contributed by atoms with E-state index in [1.807, 2.05) is 0 Å². The minimum Gasteiger partial charge on any atom is -0.376 e. The van der Waals surface area contributed by atoms with Gasteiger partial charge in [0, 0.05) is 31.6 Å². The number of carbonyl (C=O) groups excluding carboxylic acids is 2. The van der Waals surface area contributed by atoms with Crippen LogP contribution in [0.4, 0.5) is 5.82 Å². The van der Waals surface area contributed by atoms with E-state index in [0.29, 0.717) is 23.7 Å². The number of hydrogen-bond acceptors (Lipinski definition) is 6. The van der Waals surface area contributed by atoms with Gasteiger partial charge in [-0.25, -0.2) is 0 Å². The zero-order chi connectivity index (χ0) is 16.9. The first kappa shape index (κ1) is 16.1. The molecule has 3 rings (SSSR count). The normalized spacial score (nSPS) is 16.8. The molecule has 2 amide bonds. The number of hydrogen-bond donors (Lipinski definition) is 2. The van der Waals surface area contributed by atoms with Crippen molar-refractivity contribution in [2.75, 3.05) is 18.5 Å². The number of ether oxygens (including phenoxy) is 1. The summed E-state index contributed by atoms with van der Waals surface area (Å²) in [7, 11) is 0. The third kappa shape index (κ3) is 3.96. The van der Waals surface area contributed by atoms with E-state index in [-0.39, 0.29) is 17.6 Å². The Bertz CT molecular complexity index is 737. The summed E-state index contributed by atoms with van der Waals surface area (Å²) in [5, 5.41) is 9.08. The Kier molecular flexibility index (Phi) is 4.85. The van der Waals surface area contributed by atoms with Crippen LogP contribution in [0.3, 0.4) is 0 Å². The minimum atomic E-state index is -0.412. The van der Waals surface area contributed by atoms with Crippen LogP contribution in [0.1, 0.15) is 39.3 Å². The second kappa shape index (κ2) is 7.22. The molecule has 1 saturated heterocycles. The Morgan fingerprint density at radius 2 is 2.04 bits per heavy atom. The third-order valence-corrected chi connectivity index (χ3v) is 3.65. The molecule has 2 N–H and O–H groups in total. The molecule has 1 atom stereocenters. The van der Waals surface area contributed by atoms with Crippen LogP contribution >= 0.6 is 0 Å². The molecule has 1 aliphatic rings. The van der Waals surface area contributed by atoms with E-state index in [9.17, 15) is 9.59 Å². The lowest BCUT2D eigenvalue weighted by atomic mass is 10.1. The lowest BCUT2D eigenvalue weighted by molar-refractivity contribution is 0.0857. The van der Waals surface area contributed by atoms with Gasteiger partial charge in [-0.2, -0.15) is 0 Å². The summed E-state index contributed by atoms with van der Waals surface area (Å²) in [5.74, 6) is 0.200. The molecule has 24 heavy (non-hydrogen) atoms. The highest BCUT2D eigenvalue weighted by molar-refractivity contribution is 6.05. The van der Waals surface area contributed by atoms with E-state index in [0.717, 1.165) is 19.4 Å². The third-order valence-electron chi connectivity index (χ3n) is 3.65. The summed E-state index contributed by atoms with van der Waals surface area (Å²) in [6, 6.07) is 3.09. The van der Waals surface area contributed by atoms with Gasteiger partial charge in [0.1, 0.15) is 5.76 Å². The predicted molar refractivity (Wildman–Crippen MR) is 84.7 cm³/mol. The summed E-state index contributed by atoms with van der Waals surface area (Å²) in [5.41, 5.74) is 0.581. The van der Waals surface area contributed by atoms with E-state index in [4.69, 9.17) is 9.26 Å². The number of aryl methyl sites for hydroxylation is 1. The second-order valence-electron chi connectivity index (χ2n) is 5.58. The van der Waals surface area contributed by atoms with Crippen LogP contribution in [0.5, 0.6) is 0 Å². The van der Waals surface area contributed by atoms with Gasteiger partial charge < -0.3 is 19.9 Å². The van der Waals surface area contributed by atoms with Crippen molar-refractivity contribution < 1.29 is 18.8 Å². The number of rotatable bonds is 5. The molecule has 0 aliphatic carbocycles. The summed E-state index contributed by atoms with van der Waals surface area (Å²) < 4.78 is 10.3. The van der Waals surface area contributed by atoms with Gasteiger partial charge in [0.2, 0.25) is 0 Å². The molecule has 0 saturated carbocycles. The number of nitrogens with zero attached hydrogens (tertiary/aromatic N) is 2. The highest BCUT2D eigenvalue weighted by atomic mass is 16.5. The number of anilines is 1. The SMILES string of the molecule is Cc1cc(NC(=O)c2cncc(C(=O)NCC3CCCO3)c2)no1. The first-order chi connectivity index (χ1) is 11.6. The Morgan fingerprint density at radius 3 is 2.71 bits per heavy atom. The van der Waals surface area contributed by atoms with Crippen LogP contribution in [-0.4, -0.2) is 41.2 Å².